The molecule has 0 aliphatic carbocycles. The summed E-state index contributed by atoms with van der Waals surface area (Å²) in [6.45, 7) is 14.2. The minimum absolute atomic E-state index is 0.142. The van der Waals surface area contributed by atoms with Crippen molar-refractivity contribution < 1.29 is 24.2 Å². The smallest absolute Gasteiger partial charge is 0.253 e. The van der Waals surface area contributed by atoms with Crippen molar-refractivity contribution in [2.24, 2.45) is 11.8 Å². The van der Waals surface area contributed by atoms with Crippen LogP contribution in [0.5, 0.6) is 0 Å². The lowest BCUT2D eigenvalue weighted by atomic mass is 9.66. The summed E-state index contributed by atoms with van der Waals surface area (Å²) in [7, 11) is 0. The number of fused-ring (bicyclic) bond motifs is 2. The van der Waals surface area contributed by atoms with Crippen LogP contribution in [0.1, 0.15) is 40.0 Å². The Balaban J connectivity index is 1.60. The lowest BCUT2D eigenvalue weighted by molar-refractivity contribution is -0.151. The van der Waals surface area contributed by atoms with Gasteiger partial charge in [0.2, 0.25) is 11.8 Å². The molecule has 218 valence electrons. The van der Waals surface area contributed by atoms with Gasteiger partial charge in [-0.25, -0.2) is 0 Å². The zero-order chi connectivity index (χ0) is 29.5. The minimum Gasteiger partial charge on any atom is -0.394 e. The quantitative estimate of drug-likeness (QED) is 0.422. The van der Waals surface area contributed by atoms with Crippen LogP contribution in [-0.2, 0) is 19.1 Å². The molecule has 3 aliphatic rings. The van der Waals surface area contributed by atoms with Crippen LogP contribution in [0.3, 0.4) is 0 Å². The molecule has 2 aromatic rings. The molecule has 6 atom stereocenters. The first-order chi connectivity index (χ1) is 19.7. The maximum Gasteiger partial charge on any atom is 0.253 e. The first-order valence-electron chi connectivity index (χ1n) is 14.6. The molecule has 8 heteroatoms. The zero-order valence-corrected chi connectivity index (χ0v) is 24.3. The molecular formula is C33H41N3O5. The average Bonchev–Trinajstić information content (AvgIpc) is 3.55. The Morgan fingerprint density at radius 1 is 1.12 bits per heavy atom. The van der Waals surface area contributed by atoms with Crippen LogP contribution in [0.2, 0.25) is 0 Å². The van der Waals surface area contributed by atoms with Crippen molar-refractivity contribution in [2.75, 3.05) is 31.1 Å². The van der Waals surface area contributed by atoms with Gasteiger partial charge in [-0.15, -0.1) is 13.2 Å². The van der Waals surface area contributed by atoms with E-state index in [0.717, 1.165) is 17.2 Å². The van der Waals surface area contributed by atoms with Crippen LogP contribution in [-0.4, -0.2) is 82.2 Å². The summed E-state index contributed by atoms with van der Waals surface area (Å²) >= 11 is 0. The Bertz CT molecular complexity index is 1380. The SMILES string of the molecule is C=CCN(CCC)C(=O)[C@@H]1[C@H]2C(=O)N([C@H](C)CO)C(C(=O)N(CC=C)c3ccc4ccccc4c3)C23CC[C@@]1(C)O3. The molecule has 1 spiro atoms. The Morgan fingerprint density at radius 3 is 2.49 bits per heavy atom. The van der Waals surface area contributed by atoms with Crippen LogP contribution in [0.15, 0.2) is 67.8 Å². The monoisotopic (exact) mass is 559 g/mol. The second-order valence-corrected chi connectivity index (χ2v) is 11.8. The molecule has 3 amide bonds. The minimum atomic E-state index is -1.17. The standard InChI is InChI=1S/C33H41N3O5/c1-6-17-34(18-7-2)29(38)26-27-30(39)36(22(4)21-37)28(33(27)16-15-32(26,5)41-33)31(40)35(19-8-3)25-14-13-23-11-9-10-12-24(23)20-25/h6,8-14,20,22,26-28,37H,1,3,7,15-19,21H2,2,4-5H3/t22-,26+,27+,28?,32-,33?/m1/s1. The van der Waals surface area contributed by atoms with Crippen molar-refractivity contribution in [1.82, 2.24) is 9.80 Å². The Labute approximate surface area is 242 Å². The van der Waals surface area contributed by atoms with Gasteiger partial charge in [0.1, 0.15) is 11.6 Å². The van der Waals surface area contributed by atoms with E-state index in [1.54, 1.807) is 28.9 Å². The molecule has 0 saturated carbocycles. The summed E-state index contributed by atoms with van der Waals surface area (Å²) in [6.07, 6.45) is 5.16. The topological polar surface area (TPSA) is 90.4 Å². The number of carbonyl (C=O) groups is 3. The fraction of sp³-hybridized carbons (Fsp3) is 0.485. The number of ether oxygens (including phenoxy) is 1. The van der Waals surface area contributed by atoms with Crippen molar-refractivity contribution >= 4 is 34.2 Å². The van der Waals surface area contributed by atoms with Gasteiger partial charge >= 0.3 is 0 Å². The molecule has 3 fully saturated rings. The maximum atomic E-state index is 14.7. The van der Waals surface area contributed by atoms with Crippen molar-refractivity contribution in [1.29, 1.82) is 0 Å². The van der Waals surface area contributed by atoms with Crippen molar-refractivity contribution in [3.8, 4) is 0 Å². The molecule has 0 radical (unpaired) electrons. The molecule has 1 N–H and O–H groups in total. The summed E-state index contributed by atoms with van der Waals surface area (Å²) in [6, 6.07) is 12.1. The van der Waals surface area contributed by atoms with Gasteiger partial charge in [-0.3, -0.25) is 14.4 Å². The van der Waals surface area contributed by atoms with Gasteiger partial charge in [0.15, 0.2) is 0 Å². The van der Waals surface area contributed by atoms with Gasteiger partial charge < -0.3 is 24.5 Å². The molecular weight excluding hydrogens is 518 g/mol. The van der Waals surface area contributed by atoms with Crippen LogP contribution >= 0.6 is 0 Å². The highest BCUT2D eigenvalue weighted by atomic mass is 16.5. The molecule has 41 heavy (non-hydrogen) atoms. The Morgan fingerprint density at radius 2 is 1.83 bits per heavy atom. The van der Waals surface area contributed by atoms with Crippen molar-refractivity contribution in [3.05, 3.63) is 67.8 Å². The lowest BCUT2D eigenvalue weighted by Gasteiger charge is -2.38. The second-order valence-electron chi connectivity index (χ2n) is 11.8. The lowest BCUT2D eigenvalue weighted by Crippen LogP contribution is -2.58. The molecule has 5 rings (SSSR count). The van der Waals surface area contributed by atoms with Crippen LogP contribution < -0.4 is 4.90 Å². The van der Waals surface area contributed by atoms with E-state index in [1.165, 1.54) is 4.90 Å². The molecule has 3 saturated heterocycles. The van der Waals surface area contributed by atoms with Gasteiger partial charge in [-0.1, -0.05) is 49.4 Å². The van der Waals surface area contributed by atoms with Crippen molar-refractivity contribution in [2.45, 2.75) is 63.3 Å². The number of hydrogen-bond donors (Lipinski definition) is 1. The summed E-state index contributed by atoms with van der Waals surface area (Å²) in [4.78, 5) is 48.0. The van der Waals surface area contributed by atoms with E-state index in [2.05, 4.69) is 13.2 Å². The van der Waals surface area contributed by atoms with E-state index >= 15 is 0 Å². The highest BCUT2D eigenvalue weighted by Gasteiger charge is 2.78. The molecule has 2 unspecified atom stereocenters. The van der Waals surface area contributed by atoms with E-state index in [-0.39, 0.29) is 30.9 Å². The third-order valence-electron chi connectivity index (χ3n) is 9.23. The van der Waals surface area contributed by atoms with E-state index in [1.807, 2.05) is 56.3 Å². The predicted molar refractivity (Wildman–Crippen MR) is 159 cm³/mol. The molecule has 3 aliphatic heterocycles. The van der Waals surface area contributed by atoms with Gasteiger partial charge in [0.25, 0.3) is 5.91 Å². The van der Waals surface area contributed by atoms with E-state index < -0.39 is 35.1 Å². The van der Waals surface area contributed by atoms with Gasteiger partial charge in [-0.05, 0) is 56.0 Å². The number of aliphatic hydroxyl groups excluding tert-OH is 1. The average molecular weight is 560 g/mol. The van der Waals surface area contributed by atoms with Gasteiger partial charge in [-0.2, -0.15) is 0 Å². The molecule has 0 aromatic heterocycles. The van der Waals surface area contributed by atoms with Gasteiger partial charge in [0, 0.05) is 25.3 Å². The Kier molecular flexibility index (Phi) is 7.83. The number of rotatable bonds is 11. The number of hydrogen-bond acceptors (Lipinski definition) is 5. The number of likely N-dealkylation sites (tertiary alicyclic amines) is 1. The van der Waals surface area contributed by atoms with E-state index in [9.17, 15) is 19.5 Å². The first-order valence-corrected chi connectivity index (χ1v) is 14.6. The molecule has 8 nitrogen and oxygen atoms in total. The number of anilines is 1. The van der Waals surface area contributed by atoms with Crippen LogP contribution in [0, 0.1) is 11.8 Å². The molecule has 2 bridgehead atoms. The maximum absolute atomic E-state index is 14.7. The Hall–Kier alpha value is -3.49. The summed E-state index contributed by atoms with van der Waals surface area (Å²) < 4.78 is 6.78. The van der Waals surface area contributed by atoms with Crippen LogP contribution in [0.25, 0.3) is 10.8 Å². The first kappa shape index (κ1) is 29.0. The third kappa shape index (κ3) is 4.48. The number of nitrogens with zero attached hydrogens (tertiary/aromatic N) is 3. The van der Waals surface area contributed by atoms with Crippen LogP contribution in [0.4, 0.5) is 5.69 Å². The summed E-state index contributed by atoms with van der Waals surface area (Å²) in [5, 5.41) is 12.3. The number of benzene rings is 2. The predicted octanol–water partition coefficient (Wildman–Crippen LogP) is 3.93. The summed E-state index contributed by atoms with van der Waals surface area (Å²) in [5.74, 6) is -2.29. The fourth-order valence-electron chi connectivity index (χ4n) is 7.44. The fourth-order valence-corrected chi connectivity index (χ4v) is 7.44. The largest absolute Gasteiger partial charge is 0.394 e. The van der Waals surface area contributed by atoms with Gasteiger partial charge in [0.05, 0.1) is 30.1 Å². The van der Waals surface area contributed by atoms with E-state index in [4.69, 9.17) is 4.74 Å². The molecule has 3 heterocycles. The number of carbonyl (C=O) groups excluding carboxylic acids is 3. The van der Waals surface area contributed by atoms with E-state index in [0.29, 0.717) is 31.6 Å². The highest BCUT2D eigenvalue weighted by Crippen LogP contribution is 2.64. The second kappa shape index (κ2) is 11.1. The highest BCUT2D eigenvalue weighted by molar-refractivity contribution is 6.06. The summed E-state index contributed by atoms with van der Waals surface area (Å²) in [5.41, 5.74) is -1.36. The normalized spacial score (nSPS) is 28.9. The van der Waals surface area contributed by atoms with Crippen molar-refractivity contribution in [3.63, 3.8) is 0 Å². The molecule has 2 aromatic carbocycles. The third-order valence-corrected chi connectivity index (χ3v) is 9.23. The number of amides is 3. The number of aliphatic hydroxyl groups is 1. The zero-order valence-electron chi connectivity index (χ0n) is 24.3.